The van der Waals surface area contributed by atoms with Gasteiger partial charge in [-0.25, -0.2) is 4.68 Å². The summed E-state index contributed by atoms with van der Waals surface area (Å²) in [4.78, 5) is 18.1. The number of carbonyl (C=O) groups excluding carboxylic acids is 1. The Morgan fingerprint density at radius 3 is 2.50 bits per heavy atom. The highest BCUT2D eigenvalue weighted by molar-refractivity contribution is 5.77. The minimum atomic E-state index is 0.146. The van der Waals surface area contributed by atoms with Crippen LogP contribution in [0.4, 0.5) is 5.82 Å². The fourth-order valence-electron chi connectivity index (χ4n) is 5.72. The van der Waals surface area contributed by atoms with Gasteiger partial charge in [-0.2, -0.15) is 5.10 Å². The average Bonchev–Trinajstić information content (AvgIpc) is 3.25. The van der Waals surface area contributed by atoms with Crippen LogP contribution in [-0.4, -0.2) is 57.2 Å². The number of nitrogens with zero attached hydrogens (tertiary/aromatic N) is 4. The minimum Gasteiger partial charge on any atom is -0.384 e. The standard InChI is InChI=1S/C22H29N5O/c1-14-3-5-16(6-4-14)18-12-26(20(28)13-27-19(23)11-15(2)24-27)21-17-7-9-25(10-8-17)22(18)21/h3-6,11,17-18,21-22H,7-10,12-13,23H2,1-2H3/t18-,21-,22-/m1/s1. The number of hydrogen-bond acceptors (Lipinski definition) is 4. The molecule has 148 valence electrons. The van der Waals surface area contributed by atoms with E-state index in [9.17, 15) is 4.79 Å². The summed E-state index contributed by atoms with van der Waals surface area (Å²) in [7, 11) is 0. The smallest absolute Gasteiger partial charge is 0.244 e. The van der Waals surface area contributed by atoms with Gasteiger partial charge in [0.25, 0.3) is 0 Å². The fraction of sp³-hybridized carbons (Fsp3) is 0.545. The Bertz CT molecular complexity index is 881. The number of aromatic nitrogens is 2. The van der Waals surface area contributed by atoms with Gasteiger partial charge in [-0.1, -0.05) is 29.8 Å². The third-order valence-electron chi connectivity index (χ3n) is 7.04. The third kappa shape index (κ3) is 2.82. The van der Waals surface area contributed by atoms with Crippen molar-refractivity contribution in [2.24, 2.45) is 5.92 Å². The van der Waals surface area contributed by atoms with Crippen LogP contribution in [0.15, 0.2) is 30.3 Å². The number of anilines is 1. The van der Waals surface area contributed by atoms with Crippen molar-refractivity contribution in [2.75, 3.05) is 25.4 Å². The number of hydrogen-bond donors (Lipinski definition) is 1. The zero-order valence-electron chi connectivity index (χ0n) is 16.7. The number of carbonyl (C=O) groups is 1. The maximum absolute atomic E-state index is 13.3. The molecular weight excluding hydrogens is 350 g/mol. The highest BCUT2D eigenvalue weighted by Gasteiger charge is 2.54. The van der Waals surface area contributed by atoms with Crippen LogP contribution in [0.25, 0.3) is 0 Å². The zero-order chi connectivity index (χ0) is 19.4. The highest BCUT2D eigenvalue weighted by Crippen LogP contribution is 2.46. The zero-order valence-corrected chi connectivity index (χ0v) is 16.7. The van der Waals surface area contributed by atoms with E-state index in [2.05, 4.69) is 46.1 Å². The molecule has 4 aliphatic rings. The molecule has 4 saturated heterocycles. The van der Waals surface area contributed by atoms with Crippen LogP contribution in [-0.2, 0) is 11.3 Å². The molecule has 0 radical (unpaired) electrons. The van der Waals surface area contributed by atoms with E-state index in [4.69, 9.17) is 5.73 Å². The largest absolute Gasteiger partial charge is 0.384 e. The summed E-state index contributed by atoms with van der Waals surface area (Å²) in [6, 6.07) is 11.5. The summed E-state index contributed by atoms with van der Waals surface area (Å²) in [6.07, 6.45) is 2.41. The first-order valence-corrected chi connectivity index (χ1v) is 10.4. The molecule has 2 bridgehead atoms. The Morgan fingerprint density at radius 1 is 1.14 bits per heavy atom. The third-order valence-corrected chi connectivity index (χ3v) is 7.04. The summed E-state index contributed by atoms with van der Waals surface area (Å²) in [5.74, 6) is 1.71. The number of fused-ring (bicyclic) bond motifs is 2. The lowest BCUT2D eigenvalue weighted by atomic mass is 9.75. The maximum atomic E-state index is 13.3. The van der Waals surface area contributed by atoms with Gasteiger partial charge >= 0.3 is 0 Å². The van der Waals surface area contributed by atoms with E-state index >= 15 is 0 Å². The quantitative estimate of drug-likeness (QED) is 0.888. The molecule has 0 saturated carbocycles. The summed E-state index contributed by atoms with van der Waals surface area (Å²) in [5.41, 5.74) is 9.52. The van der Waals surface area contributed by atoms with Gasteiger partial charge in [-0.05, 0) is 51.3 Å². The molecule has 6 rings (SSSR count). The molecule has 2 N–H and O–H groups in total. The number of nitrogens with two attached hydrogens (primary N) is 1. The van der Waals surface area contributed by atoms with Gasteiger partial charge in [0.15, 0.2) is 0 Å². The van der Waals surface area contributed by atoms with Crippen molar-refractivity contribution in [3.63, 3.8) is 0 Å². The van der Waals surface area contributed by atoms with E-state index in [1.165, 1.54) is 37.1 Å². The summed E-state index contributed by atoms with van der Waals surface area (Å²) in [5, 5.41) is 4.39. The van der Waals surface area contributed by atoms with Crippen molar-refractivity contribution in [2.45, 2.75) is 51.2 Å². The minimum absolute atomic E-state index is 0.146. The number of nitrogen functional groups attached to an aromatic ring is 1. The molecule has 6 heteroatoms. The monoisotopic (exact) mass is 379 g/mol. The molecule has 1 aromatic carbocycles. The molecule has 1 aromatic heterocycles. The van der Waals surface area contributed by atoms with Gasteiger partial charge < -0.3 is 10.6 Å². The summed E-state index contributed by atoms with van der Waals surface area (Å²) >= 11 is 0. The van der Waals surface area contributed by atoms with Crippen molar-refractivity contribution < 1.29 is 4.79 Å². The number of aryl methyl sites for hydroxylation is 2. The number of rotatable bonds is 3. The van der Waals surface area contributed by atoms with Gasteiger partial charge in [-0.3, -0.25) is 9.69 Å². The van der Waals surface area contributed by atoms with Gasteiger partial charge in [0, 0.05) is 24.6 Å². The van der Waals surface area contributed by atoms with Crippen molar-refractivity contribution in [3.8, 4) is 0 Å². The first kappa shape index (κ1) is 17.7. The van der Waals surface area contributed by atoms with Crippen LogP contribution in [0.2, 0.25) is 0 Å². The van der Waals surface area contributed by atoms with E-state index in [-0.39, 0.29) is 12.5 Å². The topological polar surface area (TPSA) is 67.4 Å². The van der Waals surface area contributed by atoms with Crippen molar-refractivity contribution in [1.82, 2.24) is 19.6 Å². The van der Waals surface area contributed by atoms with Crippen LogP contribution < -0.4 is 5.73 Å². The maximum Gasteiger partial charge on any atom is 0.244 e. The normalized spacial score (nSPS) is 31.2. The van der Waals surface area contributed by atoms with Crippen molar-refractivity contribution >= 4 is 11.7 Å². The Labute approximate surface area is 166 Å². The van der Waals surface area contributed by atoms with E-state index < -0.39 is 0 Å². The molecule has 0 spiro atoms. The number of benzene rings is 1. The van der Waals surface area contributed by atoms with Crippen LogP contribution >= 0.6 is 0 Å². The lowest BCUT2D eigenvalue weighted by Crippen LogP contribution is -2.61. The average molecular weight is 380 g/mol. The van der Waals surface area contributed by atoms with Gasteiger partial charge in [-0.15, -0.1) is 0 Å². The lowest BCUT2D eigenvalue weighted by Gasteiger charge is -2.51. The first-order valence-electron chi connectivity index (χ1n) is 10.4. The SMILES string of the molecule is Cc1ccc([C@H]2CN(C(=O)Cn3nc(C)cc3N)[C@@H]3C4CCN(CC4)[C@H]23)cc1. The summed E-state index contributed by atoms with van der Waals surface area (Å²) < 4.78 is 1.65. The Hall–Kier alpha value is -2.34. The highest BCUT2D eigenvalue weighted by atomic mass is 16.2. The van der Waals surface area contributed by atoms with Gasteiger partial charge in [0.05, 0.1) is 11.7 Å². The van der Waals surface area contributed by atoms with Crippen LogP contribution in [0.5, 0.6) is 0 Å². The molecule has 1 amide bonds. The molecule has 3 atom stereocenters. The molecule has 4 aliphatic heterocycles. The second-order valence-electron chi connectivity index (χ2n) is 8.79. The number of piperidine rings is 3. The summed E-state index contributed by atoms with van der Waals surface area (Å²) in [6.45, 7) is 7.40. The molecule has 2 aromatic rings. The van der Waals surface area contributed by atoms with E-state index in [1.54, 1.807) is 4.68 Å². The fourth-order valence-corrected chi connectivity index (χ4v) is 5.72. The molecule has 6 nitrogen and oxygen atoms in total. The van der Waals surface area contributed by atoms with Gasteiger partial charge in [0.1, 0.15) is 12.4 Å². The van der Waals surface area contributed by atoms with Gasteiger partial charge in [0.2, 0.25) is 5.91 Å². The molecular formula is C22H29N5O. The Kier molecular flexibility index (Phi) is 4.19. The molecule has 0 unspecified atom stereocenters. The second-order valence-corrected chi connectivity index (χ2v) is 8.79. The van der Waals surface area contributed by atoms with E-state index in [0.717, 1.165) is 12.2 Å². The van der Waals surface area contributed by atoms with E-state index in [0.29, 0.717) is 29.7 Å². The Morgan fingerprint density at radius 2 is 1.86 bits per heavy atom. The number of amides is 1. The van der Waals surface area contributed by atoms with Crippen LogP contribution in [0.1, 0.15) is 35.6 Å². The molecule has 5 heterocycles. The predicted molar refractivity (Wildman–Crippen MR) is 109 cm³/mol. The molecule has 0 aliphatic carbocycles. The second kappa shape index (κ2) is 6.62. The predicted octanol–water partition coefficient (Wildman–Crippen LogP) is 2.17. The van der Waals surface area contributed by atoms with E-state index in [1.807, 2.05) is 13.0 Å². The van der Waals surface area contributed by atoms with Crippen molar-refractivity contribution in [1.29, 1.82) is 0 Å². The van der Waals surface area contributed by atoms with Crippen molar-refractivity contribution in [3.05, 3.63) is 47.2 Å². The van der Waals surface area contributed by atoms with Crippen LogP contribution in [0.3, 0.4) is 0 Å². The van der Waals surface area contributed by atoms with Crippen LogP contribution in [0, 0.1) is 19.8 Å². The Balaban J connectivity index is 1.45. The number of likely N-dealkylation sites (tertiary alicyclic amines) is 1. The molecule has 28 heavy (non-hydrogen) atoms. The lowest BCUT2D eigenvalue weighted by molar-refractivity contribution is -0.136. The first-order chi connectivity index (χ1) is 13.5. The molecule has 4 fully saturated rings.